The summed E-state index contributed by atoms with van der Waals surface area (Å²) in [5.74, 6) is 1.08. The quantitative estimate of drug-likeness (QED) is 0.670. The molecule has 0 spiro atoms. The van der Waals surface area contributed by atoms with Crippen molar-refractivity contribution < 1.29 is 4.74 Å². The summed E-state index contributed by atoms with van der Waals surface area (Å²) in [7, 11) is 0. The van der Waals surface area contributed by atoms with E-state index in [1.54, 1.807) is 23.3 Å². The Kier molecular flexibility index (Phi) is 5.89. The molecule has 0 saturated carbocycles. The Bertz CT molecular complexity index is 529. The summed E-state index contributed by atoms with van der Waals surface area (Å²) >= 11 is 0. The second-order valence-corrected chi connectivity index (χ2v) is 4.53. The molecule has 0 radical (unpaired) electrons. The van der Waals surface area contributed by atoms with Gasteiger partial charge in [-0.2, -0.15) is 15.0 Å². The minimum absolute atomic E-state index is 0.176. The number of nitrogens with two attached hydrogens (primary N) is 1. The number of anilines is 2. The molecule has 8 heteroatoms. The van der Waals surface area contributed by atoms with Gasteiger partial charge in [0.15, 0.2) is 0 Å². The zero-order valence-electron chi connectivity index (χ0n) is 12.2. The minimum Gasteiger partial charge on any atom is -0.381 e. The SMILES string of the molecule is CCCCOCCCNc1nc(N)nc(-n2ccnc2)n1. The molecule has 0 fully saturated rings. The van der Waals surface area contributed by atoms with E-state index in [-0.39, 0.29) is 5.95 Å². The highest BCUT2D eigenvalue weighted by molar-refractivity contribution is 5.34. The standard InChI is InChI=1S/C13H21N7O/c1-2-3-8-21-9-4-5-16-12-17-11(14)18-13(19-12)20-7-6-15-10-20/h6-7,10H,2-5,8-9H2,1H3,(H3,14,16,17,18,19). The molecule has 2 aromatic rings. The van der Waals surface area contributed by atoms with Crippen molar-refractivity contribution in [2.75, 3.05) is 30.8 Å². The highest BCUT2D eigenvalue weighted by atomic mass is 16.5. The van der Waals surface area contributed by atoms with Crippen molar-refractivity contribution in [2.24, 2.45) is 0 Å². The number of nitrogen functional groups attached to an aromatic ring is 1. The number of rotatable bonds is 9. The predicted octanol–water partition coefficient (Wildman–Crippen LogP) is 1.26. The molecule has 0 unspecified atom stereocenters. The Morgan fingerprint density at radius 3 is 2.86 bits per heavy atom. The maximum atomic E-state index is 5.69. The zero-order valence-corrected chi connectivity index (χ0v) is 12.2. The van der Waals surface area contributed by atoms with Crippen LogP contribution in [-0.4, -0.2) is 44.3 Å². The number of unbranched alkanes of at least 4 members (excludes halogenated alkanes) is 1. The lowest BCUT2D eigenvalue weighted by Gasteiger charge is -2.07. The van der Waals surface area contributed by atoms with Gasteiger partial charge in [-0.1, -0.05) is 13.3 Å². The topological polar surface area (TPSA) is 104 Å². The van der Waals surface area contributed by atoms with Crippen LogP contribution in [0.2, 0.25) is 0 Å². The number of hydrogen-bond acceptors (Lipinski definition) is 7. The largest absolute Gasteiger partial charge is 0.381 e. The molecule has 114 valence electrons. The predicted molar refractivity (Wildman–Crippen MR) is 80.2 cm³/mol. The molecule has 2 rings (SSSR count). The summed E-state index contributed by atoms with van der Waals surface area (Å²) in [5, 5.41) is 3.12. The average molecular weight is 291 g/mol. The van der Waals surface area contributed by atoms with Crippen LogP contribution in [0.25, 0.3) is 5.95 Å². The molecule has 0 aliphatic heterocycles. The normalized spacial score (nSPS) is 10.7. The van der Waals surface area contributed by atoms with Gasteiger partial charge in [0.2, 0.25) is 17.8 Å². The maximum absolute atomic E-state index is 5.69. The number of hydrogen-bond donors (Lipinski definition) is 2. The van der Waals surface area contributed by atoms with E-state index in [1.807, 2.05) is 0 Å². The van der Waals surface area contributed by atoms with E-state index < -0.39 is 0 Å². The van der Waals surface area contributed by atoms with Crippen molar-refractivity contribution in [3.8, 4) is 5.95 Å². The van der Waals surface area contributed by atoms with Crippen molar-refractivity contribution in [3.05, 3.63) is 18.7 Å². The van der Waals surface area contributed by atoms with Crippen molar-refractivity contribution in [1.82, 2.24) is 24.5 Å². The average Bonchev–Trinajstić information content (AvgIpc) is 3.00. The van der Waals surface area contributed by atoms with Crippen molar-refractivity contribution in [2.45, 2.75) is 26.2 Å². The lowest BCUT2D eigenvalue weighted by molar-refractivity contribution is 0.131. The van der Waals surface area contributed by atoms with E-state index >= 15 is 0 Å². The molecule has 0 aliphatic carbocycles. The first-order chi connectivity index (χ1) is 10.3. The Labute approximate surface area is 123 Å². The molecular formula is C13H21N7O. The van der Waals surface area contributed by atoms with Gasteiger partial charge in [0, 0.05) is 32.2 Å². The second-order valence-electron chi connectivity index (χ2n) is 4.53. The Morgan fingerprint density at radius 1 is 1.24 bits per heavy atom. The van der Waals surface area contributed by atoms with Crippen LogP contribution in [0.4, 0.5) is 11.9 Å². The van der Waals surface area contributed by atoms with E-state index in [0.29, 0.717) is 11.9 Å². The smallest absolute Gasteiger partial charge is 0.241 e. The fourth-order valence-electron chi connectivity index (χ4n) is 1.68. The van der Waals surface area contributed by atoms with Gasteiger partial charge in [0.1, 0.15) is 6.33 Å². The van der Waals surface area contributed by atoms with Crippen molar-refractivity contribution >= 4 is 11.9 Å². The van der Waals surface area contributed by atoms with Crippen molar-refractivity contribution in [1.29, 1.82) is 0 Å². The third-order valence-corrected chi connectivity index (χ3v) is 2.77. The highest BCUT2D eigenvalue weighted by Crippen LogP contribution is 2.06. The fourth-order valence-corrected chi connectivity index (χ4v) is 1.68. The van der Waals surface area contributed by atoms with Gasteiger partial charge in [-0.05, 0) is 12.8 Å². The lowest BCUT2D eigenvalue weighted by atomic mass is 10.4. The molecule has 0 aliphatic rings. The van der Waals surface area contributed by atoms with Crippen molar-refractivity contribution in [3.63, 3.8) is 0 Å². The van der Waals surface area contributed by atoms with E-state index in [4.69, 9.17) is 10.5 Å². The monoisotopic (exact) mass is 291 g/mol. The molecule has 0 bridgehead atoms. The van der Waals surface area contributed by atoms with E-state index in [2.05, 4.69) is 32.2 Å². The van der Waals surface area contributed by atoms with E-state index in [9.17, 15) is 0 Å². The van der Waals surface area contributed by atoms with Gasteiger partial charge < -0.3 is 15.8 Å². The third-order valence-electron chi connectivity index (χ3n) is 2.77. The van der Waals surface area contributed by atoms with Gasteiger partial charge in [-0.25, -0.2) is 4.98 Å². The zero-order chi connectivity index (χ0) is 14.9. The van der Waals surface area contributed by atoms with Gasteiger partial charge in [-0.15, -0.1) is 0 Å². The number of aromatic nitrogens is 5. The van der Waals surface area contributed by atoms with Crippen LogP contribution in [0.1, 0.15) is 26.2 Å². The Hall–Kier alpha value is -2.22. The number of nitrogens with zero attached hydrogens (tertiary/aromatic N) is 5. The molecular weight excluding hydrogens is 270 g/mol. The molecule has 2 aromatic heterocycles. The van der Waals surface area contributed by atoms with Gasteiger partial charge >= 0.3 is 0 Å². The molecule has 2 heterocycles. The number of nitrogens with one attached hydrogen (secondary N) is 1. The number of imidazole rings is 1. The summed E-state index contributed by atoms with van der Waals surface area (Å²) < 4.78 is 7.17. The molecule has 0 amide bonds. The molecule has 21 heavy (non-hydrogen) atoms. The third kappa shape index (κ3) is 4.99. The van der Waals surface area contributed by atoms with Crippen LogP contribution >= 0.6 is 0 Å². The molecule has 0 saturated heterocycles. The van der Waals surface area contributed by atoms with E-state index in [0.717, 1.165) is 39.0 Å². The van der Waals surface area contributed by atoms with Crippen LogP contribution in [0.3, 0.4) is 0 Å². The molecule has 3 N–H and O–H groups in total. The summed E-state index contributed by atoms with van der Waals surface area (Å²) in [6.07, 6.45) is 8.15. The summed E-state index contributed by atoms with van der Waals surface area (Å²) in [5.41, 5.74) is 5.69. The first kappa shape index (κ1) is 15.2. The summed E-state index contributed by atoms with van der Waals surface area (Å²) in [4.78, 5) is 16.4. The first-order valence-corrected chi connectivity index (χ1v) is 7.11. The highest BCUT2D eigenvalue weighted by Gasteiger charge is 2.05. The summed E-state index contributed by atoms with van der Waals surface area (Å²) in [6.45, 7) is 4.41. The second kappa shape index (κ2) is 8.15. The Morgan fingerprint density at radius 2 is 2.10 bits per heavy atom. The molecule has 8 nitrogen and oxygen atoms in total. The molecule has 0 atom stereocenters. The maximum Gasteiger partial charge on any atom is 0.241 e. The Balaban J connectivity index is 1.81. The van der Waals surface area contributed by atoms with Gasteiger partial charge in [-0.3, -0.25) is 4.57 Å². The van der Waals surface area contributed by atoms with Crippen LogP contribution in [-0.2, 0) is 4.74 Å². The van der Waals surface area contributed by atoms with Gasteiger partial charge in [0.05, 0.1) is 0 Å². The summed E-state index contributed by atoms with van der Waals surface area (Å²) in [6, 6.07) is 0. The number of ether oxygens (including phenoxy) is 1. The van der Waals surface area contributed by atoms with Crippen LogP contribution in [0, 0.1) is 0 Å². The molecule has 0 aromatic carbocycles. The van der Waals surface area contributed by atoms with E-state index in [1.165, 1.54) is 0 Å². The van der Waals surface area contributed by atoms with Crippen LogP contribution in [0.5, 0.6) is 0 Å². The van der Waals surface area contributed by atoms with Crippen LogP contribution < -0.4 is 11.1 Å². The first-order valence-electron chi connectivity index (χ1n) is 7.11. The lowest BCUT2D eigenvalue weighted by Crippen LogP contribution is -2.12. The van der Waals surface area contributed by atoms with Gasteiger partial charge in [0.25, 0.3) is 0 Å². The minimum atomic E-state index is 0.176. The van der Waals surface area contributed by atoms with Crippen LogP contribution in [0.15, 0.2) is 18.7 Å². The fraction of sp³-hybridized carbons (Fsp3) is 0.538.